The average Bonchev–Trinajstić information content (AvgIpc) is 3.43. The Bertz CT molecular complexity index is 1620. The number of ether oxygens (including phenoxy) is 2. The van der Waals surface area contributed by atoms with Crippen molar-refractivity contribution in [3.05, 3.63) is 54.7 Å². The second-order valence-corrected chi connectivity index (χ2v) is 11.6. The van der Waals surface area contributed by atoms with Crippen LogP contribution >= 0.6 is 0 Å². The predicted molar refractivity (Wildman–Crippen MR) is 170 cm³/mol. The molecule has 11 nitrogen and oxygen atoms in total. The van der Waals surface area contributed by atoms with Crippen molar-refractivity contribution < 1.29 is 18.7 Å². The minimum atomic E-state index is -0.603. The van der Waals surface area contributed by atoms with Gasteiger partial charge >= 0.3 is 6.03 Å². The van der Waals surface area contributed by atoms with E-state index in [1.165, 1.54) is 26.6 Å². The summed E-state index contributed by atoms with van der Waals surface area (Å²) in [5.41, 5.74) is 8.99. The highest BCUT2D eigenvalue weighted by atomic mass is 19.1. The number of nitrogens with two attached hydrogens (primary N) is 1. The molecule has 2 amide bonds. The molecule has 232 valence electrons. The van der Waals surface area contributed by atoms with E-state index in [0.717, 1.165) is 63.1 Å². The fourth-order valence-corrected chi connectivity index (χ4v) is 6.44. The molecular formula is C32H39FN8O3. The number of hydrogen-bond donors (Lipinski definition) is 3. The number of halogens is 1. The van der Waals surface area contributed by atoms with Crippen LogP contribution in [0.15, 0.2) is 48.9 Å². The summed E-state index contributed by atoms with van der Waals surface area (Å²) in [7, 11) is 5.23. The molecule has 12 heteroatoms. The van der Waals surface area contributed by atoms with Crippen molar-refractivity contribution in [1.29, 1.82) is 0 Å². The SMILES string of the molecule is COc1cc(NC(=O)Nc2ccc(-c3cn([C@H]4CC[C@@H](N5CCN(C)CC5)CC4)c4ncnc(N)c34)cc2F)cc(OC)c1. The van der Waals surface area contributed by atoms with Gasteiger partial charge in [0.25, 0.3) is 0 Å². The number of urea groups is 1. The van der Waals surface area contributed by atoms with E-state index in [0.29, 0.717) is 40.0 Å². The molecule has 44 heavy (non-hydrogen) atoms. The highest BCUT2D eigenvalue weighted by Crippen LogP contribution is 2.39. The van der Waals surface area contributed by atoms with Crippen LogP contribution in [0.1, 0.15) is 31.7 Å². The minimum absolute atomic E-state index is 0.0382. The van der Waals surface area contributed by atoms with Crippen LogP contribution in [-0.4, -0.2) is 83.9 Å². The van der Waals surface area contributed by atoms with Crippen LogP contribution in [0, 0.1) is 5.82 Å². The Balaban J connectivity index is 1.20. The average molecular weight is 603 g/mol. The van der Waals surface area contributed by atoms with Crippen molar-refractivity contribution in [2.24, 2.45) is 0 Å². The van der Waals surface area contributed by atoms with E-state index < -0.39 is 11.8 Å². The van der Waals surface area contributed by atoms with Gasteiger partial charge in [-0.2, -0.15) is 0 Å². The van der Waals surface area contributed by atoms with Gasteiger partial charge in [-0.15, -0.1) is 0 Å². The molecule has 1 saturated carbocycles. The zero-order chi connectivity index (χ0) is 30.8. The summed E-state index contributed by atoms with van der Waals surface area (Å²) in [6, 6.07) is 9.96. The van der Waals surface area contributed by atoms with E-state index in [-0.39, 0.29) is 11.7 Å². The number of carbonyl (C=O) groups is 1. The normalized spacial score (nSPS) is 19.5. The molecule has 0 radical (unpaired) electrons. The number of nitrogens with one attached hydrogen (secondary N) is 2. The molecule has 2 fully saturated rings. The summed E-state index contributed by atoms with van der Waals surface area (Å²) in [6.45, 7) is 4.49. The second kappa shape index (κ2) is 12.7. The number of amides is 2. The summed E-state index contributed by atoms with van der Waals surface area (Å²) in [6.07, 6.45) is 7.84. The first-order chi connectivity index (χ1) is 21.3. The number of hydrogen-bond acceptors (Lipinski definition) is 8. The quantitative estimate of drug-likeness (QED) is 0.264. The molecule has 6 rings (SSSR count). The molecule has 4 aromatic rings. The standard InChI is InChI=1S/C32H39FN8O3/c1-39-10-12-40(13-11-39)22-5-7-23(8-6-22)41-18-26(29-30(34)35-19-36-31(29)41)20-4-9-28(27(33)14-20)38-32(42)37-21-15-24(43-2)17-25(16-21)44-3/h4,9,14-19,22-23H,5-8,10-13H2,1-3H3,(H2,34,35,36)(H2,37,38,42)/t22-,23+. The van der Waals surface area contributed by atoms with Crippen molar-refractivity contribution in [1.82, 2.24) is 24.3 Å². The lowest BCUT2D eigenvalue weighted by atomic mass is 9.89. The van der Waals surface area contributed by atoms with Crippen LogP contribution in [0.3, 0.4) is 0 Å². The molecule has 1 saturated heterocycles. The molecule has 0 unspecified atom stereocenters. The lowest BCUT2D eigenvalue weighted by Crippen LogP contribution is -2.49. The fraction of sp³-hybridized carbons (Fsp3) is 0.406. The zero-order valence-corrected chi connectivity index (χ0v) is 25.3. The van der Waals surface area contributed by atoms with Gasteiger partial charge in [0.2, 0.25) is 0 Å². The lowest BCUT2D eigenvalue weighted by molar-refractivity contribution is 0.0828. The first kappa shape index (κ1) is 29.6. The number of benzene rings is 2. The zero-order valence-electron chi connectivity index (χ0n) is 25.3. The number of piperazine rings is 1. The molecule has 0 bridgehead atoms. The van der Waals surface area contributed by atoms with Crippen molar-refractivity contribution >= 4 is 34.3 Å². The largest absolute Gasteiger partial charge is 0.497 e. The van der Waals surface area contributed by atoms with Gasteiger partial charge in [-0.3, -0.25) is 4.90 Å². The third-order valence-electron chi connectivity index (χ3n) is 8.89. The van der Waals surface area contributed by atoms with Crippen LogP contribution in [0.25, 0.3) is 22.2 Å². The van der Waals surface area contributed by atoms with Crippen LogP contribution in [-0.2, 0) is 0 Å². The van der Waals surface area contributed by atoms with Crippen molar-refractivity contribution in [2.45, 2.75) is 37.8 Å². The summed E-state index contributed by atoms with van der Waals surface area (Å²) < 4.78 is 28.1. The Kier molecular flexibility index (Phi) is 8.53. The smallest absolute Gasteiger partial charge is 0.323 e. The van der Waals surface area contributed by atoms with Crippen molar-refractivity contribution in [3.8, 4) is 22.6 Å². The fourth-order valence-electron chi connectivity index (χ4n) is 6.44. The van der Waals surface area contributed by atoms with Gasteiger partial charge in [-0.05, 0) is 50.4 Å². The summed E-state index contributed by atoms with van der Waals surface area (Å²) in [5, 5.41) is 5.98. The third-order valence-corrected chi connectivity index (χ3v) is 8.89. The van der Waals surface area contributed by atoms with Gasteiger partial charge in [-0.1, -0.05) is 6.07 Å². The van der Waals surface area contributed by atoms with Crippen LogP contribution in [0.4, 0.5) is 26.4 Å². The van der Waals surface area contributed by atoms with Crippen molar-refractivity contribution in [3.63, 3.8) is 0 Å². The molecule has 3 heterocycles. The summed E-state index contributed by atoms with van der Waals surface area (Å²) >= 11 is 0. The minimum Gasteiger partial charge on any atom is -0.497 e. The molecule has 0 spiro atoms. The van der Waals surface area contributed by atoms with Gasteiger partial charge in [0.05, 0.1) is 25.3 Å². The number of fused-ring (bicyclic) bond motifs is 1. The topological polar surface area (TPSA) is 123 Å². The van der Waals surface area contributed by atoms with Crippen LogP contribution in [0.5, 0.6) is 11.5 Å². The first-order valence-corrected chi connectivity index (χ1v) is 15.0. The highest BCUT2D eigenvalue weighted by molar-refractivity contribution is 6.02. The number of aromatic nitrogens is 3. The van der Waals surface area contributed by atoms with E-state index >= 15 is 4.39 Å². The molecule has 4 N–H and O–H groups in total. The van der Waals surface area contributed by atoms with Gasteiger partial charge in [0, 0.05) is 73.9 Å². The maximum Gasteiger partial charge on any atom is 0.323 e. The third kappa shape index (κ3) is 6.13. The van der Waals surface area contributed by atoms with Crippen molar-refractivity contribution in [2.75, 3.05) is 63.8 Å². The number of rotatable bonds is 7. The molecule has 0 atom stereocenters. The Labute approximate surface area is 256 Å². The van der Waals surface area contributed by atoms with E-state index in [1.54, 1.807) is 30.3 Å². The van der Waals surface area contributed by atoms with Gasteiger partial charge < -0.3 is 35.3 Å². The monoisotopic (exact) mass is 602 g/mol. The molecule has 2 aromatic heterocycles. The lowest BCUT2D eigenvalue weighted by Gasteiger charge is -2.41. The van der Waals surface area contributed by atoms with Gasteiger partial charge in [0.1, 0.15) is 35.1 Å². The Morgan fingerprint density at radius 1 is 0.932 bits per heavy atom. The summed E-state index contributed by atoms with van der Waals surface area (Å²) in [5.74, 6) is 0.803. The molecule has 1 aliphatic carbocycles. The van der Waals surface area contributed by atoms with E-state index in [2.05, 4.69) is 42.0 Å². The highest BCUT2D eigenvalue weighted by Gasteiger charge is 2.30. The number of likely N-dealkylation sites (N-methyl/N-ethyl adjacent to an activating group) is 1. The van der Waals surface area contributed by atoms with Gasteiger partial charge in [-0.25, -0.2) is 19.2 Å². The molecule has 2 aromatic carbocycles. The number of nitrogen functional groups attached to an aromatic ring is 1. The maximum absolute atomic E-state index is 15.4. The molecule has 1 aliphatic heterocycles. The number of methoxy groups -OCH3 is 2. The van der Waals surface area contributed by atoms with Gasteiger partial charge in [0.15, 0.2) is 0 Å². The van der Waals surface area contributed by atoms with Crippen LogP contribution in [0.2, 0.25) is 0 Å². The number of carbonyl (C=O) groups excluding carboxylic acids is 1. The van der Waals surface area contributed by atoms with E-state index in [9.17, 15) is 4.79 Å². The first-order valence-electron chi connectivity index (χ1n) is 15.0. The summed E-state index contributed by atoms with van der Waals surface area (Å²) in [4.78, 5) is 26.6. The Hall–Kier alpha value is -4.42. The maximum atomic E-state index is 15.4. The second-order valence-electron chi connectivity index (χ2n) is 11.6. The predicted octanol–water partition coefficient (Wildman–Crippen LogP) is 5.21. The molecular weight excluding hydrogens is 563 g/mol. The number of anilines is 3. The van der Waals surface area contributed by atoms with E-state index in [4.69, 9.17) is 15.2 Å². The Morgan fingerprint density at radius 3 is 2.27 bits per heavy atom. The molecule has 2 aliphatic rings. The number of nitrogens with zero attached hydrogens (tertiary/aromatic N) is 5. The van der Waals surface area contributed by atoms with E-state index in [1.807, 2.05) is 6.20 Å². The van der Waals surface area contributed by atoms with Crippen LogP contribution < -0.4 is 25.8 Å². The Morgan fingerprint density at radius 2 is 1.61 bits per heavy atom.